The number of rotatable bonds is 5. The third kappa shape index (κ3) is 4.38. The van der Waals surface area contributed by atoms with E-state index in [9.17, 15) is 4.79 Å². The van der Waals surface area contributed by atoms with Gasteiger partial charge in [0.2, 0.25) is 0 Å². The van der Waals surface area contributed by atoms with Crippen LogP contribution in [0.1, 0.15) is 30.6 Å². The maximum absolute atomic E-state index is 11.7. The first-order chi connectivity index (χ1) is 7.13. The molecule has 3 heteroatoms. The van der Waals surface area contributed by atoms with Crippen LogP contribution in [-0.2, 0) is 0 Å². The van der Waals surface area contributed by atoms with Crippen LogP contribution in [0.5, 0.6) is 0 Å². The van der Waals surface area contributed by atoms with Gasteiger partial charge in [-0.3, -0.25) is 0 Å². The molecule has 0 amide bonds. The van der Waals surface area contributed by atoms with Gasteiger partial charge in [-0.2, -0.15) is 0 Å². The second-order valence-corrected chi connectivity index (χ2v) is 6.89. The fourth-order valence-electron chi connectivity index (χ4n) is 1.05. The van der Waals surface area contributed by atoms with E-state index in [1.54, 1.807) is 24.3 Å². The van der Waals surface area contributed by atoms with Crippen LogP contribution in [0.15, 0.2) is 24.3 Å². The molecule has 15 heavy (non-hydrogen) atoms. The molecule has 0 radical (unpaired) electrons. The SMILES string of the molecule is CCC(C)[Se]CC(=O)c1ccc(Cl)cc1. The third-order valence-corrected chi connectivity index (χ3v) is 5.29. The van der Waals surface area contributed by atoms with Crippen molar-refractivity contribution in [2.24, 2.45) is 0 Å². The average molecular weight is 290 g/mol. The van der Waals surface area contributed by atoms with Crippen LogP contribution < -0.4 is 0 Å². The number of benzene rings is 1. The van der Waals surface area contributed by atoms with Gasteiger partial charge in [0.15, 0.2) is 0 Å². The van der Waals surface area contributed by atoms with Crippen LogP contribution in [0, 0.1) is 0 Å². The summed E-state index contributed by atoms with van der Waals surface area (Å²) in [7, 11) is 0. The molecule has 1 aromatic rings. The molecule has 0 spiro atoms. The van der Waals surface area contributed by atoms with Gasteiger partial charge in [0, 0.05) is 0 Å². The summed E-state index contributed by atoms with van der Waals surface area (Å²) in [6.07, 6.45) is 1.16. The van der Waals surface area contributed by atoms with Gasteiger partial charge >= 0.3 is 102 Å². The van der Waals surface area contributed by atoms with Crippen molar-refractivity contribution in [3.8, 4) is 0 Å². The van der Waals surface area contributed by atoms with Gasteiger partial charge in [-0.1, -0.05) is 0 Å². The van der Waals surface area contributed by atoms with Crippen LogP contribution in [-0.4, -0.2) is 20.7 Å². The van der Waals surface area contributed by atoms with E-state index in [1.807, 2.05) is 0 Å². The molecule has 1 atom stereocenters. The van der Waals surface area contributed by atoms with Gasteiger partial charge in [0.05, 0.1) is 0 Å². The summed E-state index contributed by atoms with van der Waals surface area (Å²) in [5.41, 5.74) is 0.782. The van der Waals surface area contributed by atoms with Crippen molar-refractivity contribution in [1.29, 1.82) is 0 Å². The number of halogens is 1. The summed E-state index contributed by atoms with van der Waals surface area (Å²) in [6.45, 7) is 4.37. The van der Waals surface area contributed by atoms with Crippen molar-refractivity contribution in [2.75, 3.05) is 0 Å². The molecule has 82 valence electrons. The Labute approximate surface area is 102 Å². The summed E-state index contributed by atoms with van der Waals surface area (Å²) in [5.74, 6) is 0.243. The van der Waals surface area contributed by atoms with E-state index in [1.165, 1.54) is 0 Å². The van der Waals surface area contributed by atoms with E-state index in [0.717, 1.165) is 12.0 Å². The second-order valence-electron chi connectivity index (χ2n) is 3.46. The Bertz CT molecular complexity index is 321. The molecule has 1 rings (SSSR count). The fourth-order valence-corrected chi connectivity index (χ4v) is 2.94. The van der Waals surface area contributed by atoms with Gasteiger partial charge in [0.1, 0.15) is 0 Å². The first kappa shape index (κ1) is 12.8. The Morgan fingerprint density at radius 2 is 2.00 bits per heavy atom. The average Bonchev–Trinajstić information content (AvgIpc) is 2.26. The molecule has 0 bridgehead atoms. The van der Waals surface area contributed by atoms with Gasteiger partial charge in [-0.15, -0.1) is 0 Å². The summed E-state index contributed by atoms with van der Waals surface area (Å²) in [6, 6.07) is 7.14. The molecule has 1 aromatic carbocycles. The molecule has 1 nitrogen and oxygen atoms in total. The molecular formula is C12H15ClOSe. The minimum atomic E-state index is 0.243. The molecule has 1 unspecified atom stereocenters. The molecule has 0 aliphatic carbocycles. The number of carbonyl (C=O) groups is 1. The summed E-state index contributed by atoms with van der Waals surface area (Å²) < 4.78 is 0. The Morgan fingerprint density at radius 1 is 1.40 bits per heavy atom. The van der Waals surface area contributed by atoms with Crippen molar-refractivity contribution in [1.82, 2.24) is 0 Å². The van der Waals surface area contributed by atoms with Crippen molar-refractivity contribution in [3.05, 3.63) is 34.9 Å². The van der Waals surface area contributed by atoms with Gasteiger partial charge in [-0.05, 0) is 0 Å². The normalized spacial score (nSPS) is 12.5. The van der Waals surface area contributed by atoms with Crippen molar-refractivity contribution in [2.45, 2.75) is 30.4 Å². The molecule has 0 N–H and O–H groups in total. The molecule has 0 aliphatic heterocycles. The van der Waals surface area contributed by atoms with Crippen molar-refractivity contribution >= 4 is 32.3 Å². The molecule has 0 saturated heterocycles. The molecule has 0 aromatic heterocycles. The fraction of sp³-hybridized carbons (Fsp3) is 0.417. The molecule has 0 saturated carbocycles. The van der Waals surface area contributed by atoms with Gasteiger partial charge < -0.3 is 0 Å². The Morgan fingerprint density at radius 3 is 2.53 bits per heavy atom. The van der Waals surface area contributed by atoms with E-state index >= 15 is 0 Å². The zero-order chi connectivity index (χ0) is 11.3. The number of ketones is 1. The van der Waals surface area contributed by atoms with Crippen molar-refractivity contribution < 1.29 is 4.79 Å². The maximum atomic E-state index is 11.7. The van der Waals surface area contributed by atoms with Crippen molar-refractivity contribution in [3.63, 3.8) is 0 Å². The molecule has 0 fully saturated rings. The standard InChI is InChI=1S/C12H15ClOSe/c1-3-9(2)15-8-12(14)10-4-6-11(13)7-5-10/h4-7,9H,3,8H2,1-2H3. The topological polar surface area (TPSA) is 17.1 Å². The summed E-state index contributed by atoms with van der Waals surface area (Å²) in [4.78, 5) is 12.4. The van der Waals surface area contributed by atoms with E-state index in [4.69, 9.17) is 11.6 Å². The summed E-state index contributed by atoms with van der Waals surface area (Å²) >= 11 is 6.18. The van der Waals surface area contributed by atoms with Crippen LogP contribution in [0.4, 0.5) is 0 Å². The summed E-state index contributed by atoms with van der Waals surface area (Å²) in [5, 5.41) is 1.38. The number of hydrogen-bond donors (Lipinski definition) is 0. The third-order valence-electron chi connectivity index (χ3n) is 2.24. The van der Waals surface area contributed by atoms with E-state index in [-0.39, 0.29) is 5.78 Å². The number of carbonyl (C=O) groups excluding carboxylic acids is 1. The zero-order valence-electron chi connectivity index (χ0n) is 9.00. The molecule has 0 aliphatic rings. The zero-order valence-corrected chi connectivity index (χ0v) is 11.5. The molecule has 0 heterocycles. The second kappa shape index (κ2) is 6.32. The predicted octanol–water partition coefficient (Wildman–Crippen LogP) is 3.86. The number of Topliss-reactive ketones (excluding diaryl/α,β-unsaturated/α-hetero) is 1. The first-order valence-corrected chi connectivity index (χ1v) is 7.61. The predicted molar refractivity (Wildman–Crippen MR) is 66.1 cm³/mol. The monoisotopic (exact) mass is 290 g/mol. The van der Waals surface area contributed by atoms with Crippen LogP contribution in [0.3, 0.4) is 0 Å². The van der Waals surface area contributed by atoms with Crippen LogP contribution >= 0.6 is 11.6 Å². The van der Waals surface area contributed by atoms with Gasteiger partial charge in [0.25, 0.3) is 0 Å². The Balaban J connectivity index is 2.50. The quantitative estimate of drug-likeness (QED) is 0.594. The Kier molecular flexibility index (Phi) is 5.38. The molecular weight excluding hydrogens is 275 g/mol. The minimum absolute atomic E-state index is 0.243. The first-order valence-electron chi connectivity index (χ1n) is 5.04. The Hall–Kier alpha value is -0.301. The van der Waals surface area contributed by atoms with Crippen LogP contribution in [0.25, 0.3) is 0 Å². The van der Waals surface area contributed by atoms with E-state index in [2.05, 4.69) is 13.8 Å². The van der Waals surface area contributed by atoms with Gasteiger partial charge in [-0.25, -0.2) is 0 Å². The van der Waals surface area contributed by atoms with E-state index in [0.29, 0.717) is 30.1 Å². The van der Waals surface area contributed by atoms with Crippen LogP contribution in [0.2, 0.25) is 15.2 Å². The number of hydrogen-bond acceptors (Lipinski definition) is 1. The van der Waals surface area contributed by atoms with E-state index < -0.39 is 0 Å².